The minimum Gasteiger partial charge on any atom is -0.474 e. The first-order valence-corrected chi connectivity index (χ1v) is 10.3. The third kappa shape index (κ3) is 4.69. The van der Waals surface area contributed by atoms with Crippen molar-refractivity contribution < 1.29 is 4.74 Å². The number of hydrogen-bond donors (Lipinski definition) is 0. The normalized spacial score (nSPS) is 19.2. The van der Waals surface area contributed by atoms with Crippen LogP contribution in [0.15, 0.2) is 42.5 Å². The molecule has 0 saturated carbocycles. The zero-order valence-electron chi connectivity index (χ0n) is 16.6. The number of aromatic nitrogens is 1. The minimum atomic E-state index is 0.309. The lowest BCUT2D eigenvalue weighted by Crippen LogP contribution is -2.41. The van der Waals surface area contributed by atoms with E-state index in [1.165, 1.54) is 16.8 Å². The van der Waals surface area contributed by atoms with Crippen molar-refractivity contribution in [1.29, 1.82) is 0 Å². The standard InChI is InChI=1S/C23H31N3O/c1-18(2)26-14-10-21(11-15-26)27-23-9-8-20-17-25(13-12-22(20)24-23)16-19-6-4-3-5-7-19/h3-9,18,21H,10-17H2,1-2H3. The summed E-state index contributed by atoms with van der Waals surface area (Å²) in [5, 5.41) is 0. The second kappa shape index (κ2) is 8.41. The van der Waals surface area contributed by atoms with Crippen LogP contribution in [0.2, 0.25) is 0 Å². The molecular formula is C23H31N3O. The molecule has 1 fully saturated rings. The quantitative estimate of drug-likeness (QED) is 0.804. The Hall–Kier alpha value is -1.91. The summed E-state index contributed by atoms with van der Waals surface area (Å²) >= 11 is 0. The summed E-state index contributed by atoms with van der Waals surface area (Å²) in [7, 11) is 0. The highest BCUT2D eigenvalue weighted by molar-refractivity contribution is 5.28. The molecular weight excluding hydrogens is 334 g/mol. The molecule has 0 spiro atoms. The second-order valence-electron chi connectivity index (χ2n) is 8.15. The van der Waals surface area contributed by atoms with E-state index < -0.39 is 0 Å². The molecule has 1 aromatic heterocycles. The molecule has 4 heteroatoms. The Bertz CT molecular complexity index is 739. The Labute approximate surface area is 163 Å². The Morgan fingerprint density at radius 1 is 1.04 bits per heavy atom. The Morgan fingerprint density at radius 3 is 2.56 bits per heavy atom. The van der Waals surface area contributed by atoms with E-state index in [1.807, 2.05) is 0 Å². The second-order valence-corrected chi connectivity index (χ2v) is 8.15. The number of piperidine rings is 1. The predicted molar refractivity (Wildman–Crippen MR) is 109 cm³/mol. The molecule has 0 atom stereocenters. The molecule has 27 heavy (non-hydrogen) atoms. The smallest absolute Gasteiger partial charge is 0.213 e. The summed E-state index contributed by atoms with van der Waals surface area (Å²) in [5.74, 6) is 0.813. The Balaban J connectivity index is 1.33. The monoisotopic (exact) mass is 365 g/mol. The first kappa shape index (κ1) is 18.5. The number of fused-ring (bicyclic) bond motifs is 1. The van der Waals surface area contributed by atoms with Crippen LogP contribution in [-0.2, 0) is 19.5 Å². The fourth-order valence-electron chi connectivity index (χ4n) is 4.18. The average molecular weight is 366 g/mol. The van der Waals surface area contributed by atoms with Crippen LogP contribution in [0.4, 0.5) is 0 Å². The molecule has 2 aliphatic rings. The summed E-state index contributed by atoms with van der Waals surface area (Å²) in [6.45, 7) is 9.84. The van der Waals surface area contributed by atoms with Crippen molar-refractivity contribution in [3.05, 3.63) is 59.3 Å². The molecule has 144 valence electrons. The van der Waals surface area contributed by atoms with Crippen molar-refractivity contribution in [2.24, 2.45) is 0 Å². The van der Waals surface area contributed by atoms with Crippen molar-refractivity contribution in [2.75, 3.05) is 19.6 Å². The molecule has 0 unspecified atom stereocenters. The summed E-state index contributed by atoms with van der Waals surface area (Å²) in [4.78, 5) is 9.87. The van der Waals surface area contributed by atoms with Gasteiger partial charge in [0.15, 0.2) is 0 Å². The SMILES string of the molecule is CC(C)N1CCC(Oc2ccc3c(n2)CCN(Cc2ccccc2)C3)CC1. The lowest BCUT2D eigenvalue weighted by Gasteiger charge is -2.34. The third-order valence-electron chi connectivity index (χ3n) is 5.84. The number of benzene rings is 1. The molecule has 2 aliphatic heterocycles. The van der Waals surface area contributed by atoms with Crippen LogP contribution in [0.1, 0.15) is 43.5 Å². The van der Waals surface area contributed by atoms with Crippen molar-refractivity contribution in [3.63, 3.8) is 0 Å². The zero-order valence-corrected chi connectivity index (χ0v) is 16.6. The van der Waals surface area contributed by atoms with E-state index in [9.17, 15) is 0 Å². The largest absolute Gasteiger partial charge is 0.474 e. The molecule has 0 aliphatic carbocycles. The molecule has 0 N–H and O–H groups in total. The highest BCUT2D eigenvalue weighted by Gasteiger charge is 2.23. The van der Waals surface area contributed by atoms with Crippen LogP contribution in [0.25, 0.3) is 0 Å². The molecule has 1 saturated heterocycles. The minimum absolute atomic E-state index is 0.309. The van der Waals surface area contributed by atoms with E-state index in [0.29, 0.717) is 12.1 Å². The number of rotatable bonds is 5. The van der Waals surface area contributed by atoms with E-state index in [4.69, 9.17) is 9.72 Å². The van der Waals surface area contributed by atoms with Crippen molar-refractivity contribution in [2.45, 2.75) is 58.3 Å². The van der Waals surface area contributed by atoms with E-state index in [-0.39, 0.29) is 0 Å². The predicted octanol–water partition coefficient (Wildman–Crippen LogP) is 3.89. The van der Waals surface area contributed by atoms with Gasteiger partial charge in [-0.2, -0.15) is 0 Å². The molecule has 0 amide bonds. The molecule has 2 aromatic rings. The van der Waals surface area contributed by atoms with Crippen molar-refractivity contribution >= 4 is 0 Å². The van der Waals surface area contributed by atoms with Gasteiger partial charge in [0.25, 0.3) is 0 Å². The molecule has 0 bridgehead atoms. The van der Waals surface area contributed by atoms with Crippen LogP contribution in [-0.4, -0.2) is 46.6 Å². The highest BCUT2D eigenvalue weighted by atomic mass is 16.5. The van der Waals surface area contributed by atoms with E-state index in [1.54, 1.807) is 0 Å². The first-order valence-electron chi connectivity index (χ1n) is 10.3. The lowest BCUT2D eigenvalue weighted by molar-refractivity contribution is 0.0809. The third-order valence-corrected chi connectivity index (χ3v) is 5.84. The molecule has 3 heterocycles. The first-order chi connectivity index (χ1) is 13.2. The molecule has 4 nitrogen and oxygen atoms in total. The fraction of sp³-hybridized carbons (Fsp3) is 0.522. The zero-order chi connectivity index (χ0) is 18.6. The summed E-state index contributed by atoms with van der Waals surface area (Å²) in [5.41, 5.74) is 3.94. The summed E-state index contributed by atoms with van der Waals surface area (Å²) in [6, 6.07) is 15.6. The number of ether oxygens (including phenoxy) is 1. The Morgan fingerprint density at radius 2 is 1.81 bits per heavy atom. The maximum absolute atomic E-state index is 6.22. The summed E-state index contributed by atoms with van der Waals surface area (Å²) < 4.78 is 6.22. The topological polar surface area (TPSA) is 28.6 Å². The van der Waals surface area contributed by atoms with Crippen LogP contribution >= 0.6 is 0 Å². The van der Waals surface area contributed by atoms with Gasteiger partial charge >= 0.3 is 0 Å². The van der Waals surface area contributed by atoms with Gasteiger partial charge in [-0.05, 0) is 37.8 Å². The van der Waals surface area contributed by atoms with Crippen LogP contribution in [0.5, 0.6) is 5.88 Å². The molecule has 0 radical (unpaired) electrons. The van der Waals surface area contributed by atoms with E-state index >= 15 is 0 Å². The van der Waals surface area contributed by atoms with Crippen LogP contribution in [0.3, 0.4) is 0 Å². The van der Waals surface area contributed by atoms with Crippen LogP contribution < -0.4 is 4.74 Å². The fourth-order valence-corrected chi connectivity index (χ4v) is 4.18. The number of likely N-dealkylation sites (tertiary alicyclic amines) is 1. The average Bonchev–Trinajstić information content (AvgIpc) is 2.69. The van der Waals surface area contributed by atoms with Gasteiger partial charge in [-0.1, -0.05) is 36.4 Å². The van der Waals surface area contributed by atoms with Gasteiger partial charge < -0.3 is 9.64 Å². The number of pyridine rings is 1. The van der Waals surface area contributed by atoms with Gasteiger partial charge in [-0.15, -0.1) is 0 Å². The number of nitrogens with zero attached hydrogens (tertiary/aromatic N) is 3. The van der Waals surface area contributed by atoms with Gasteiger partial charge in [0.1, 0.15) is 6.10 Å². The van der Waals surface area contributed by atoms with Gasteiger partial charge in [0.05, 0.1) is 5.69 Å². The summed E-state index contributed by atoms with van der Waals surface area (Å²) in [6.07, 6.45) is 3.51. The highest BCUT2D eigenvalue weighted by Crippen LogP contribution is 2.24. The van der Waals surface area contributed by atoms with Gasteiger partial charge in [-0.3, -0.25) is 4.90 Å². The molecule has 1 aromatic carbocycles. The lowest BCUT2D eigenvalue weighted by atomic mass is 10.0. The maximum atomic E-state index is 6.22. The van der Waals surface area contributed by atoms with E-state index in [2.05, 4.69) is 66.1 Å². The maximum Gasteiger partial charge on any atom is 0.213 e. The van der Waals surface area contributed by atoms with E-state index in [0.717, 1.165) is 57.9 Å². The Kier molecular flexibility index (Phi) is 5.74. The van der Waals surface area contributed by atoms with Gasteiger partial charge in [0, 0.05) is 51.3 Å². The van der Waals surface area contributed by atoms with Gasteiger partial charge in [-0.25, -0.2) is 4.98 Å². The molecule has 4 rings (SSSR count). The van der Waals surface area contributed by atoms with Crippen molar-refractivity contribution in [1.82, 2.24) is 14.8 Å². The van der Waals surface area contributed by atoms with Gasteiger partial charge in [0.2, 0.25) is 5.88 Å². The number of hydrogen-bond acceptors (Lipinski definition) is 4. The van der Waals surface area contributed by atoms with Crippen LogP contribution in [0, 0.1) is 0 Å². The van der Waals surface area contributed by atoms with Crippen molar-refractivity contribution in [3.8, 4) is 5.88 Å².